The van der Waals surface area contributed by atoms with Gasteiger partial charge < -0.3 is 19.7 Å². The Labute approximate surface area is 175 Å². The number of carbonyl (C=O) groups is 2. The van der Waals surface area contributed by atoms with Crippen LogP contribution in [0, 0.1) is 0 Å². The minimum absolute atomic E-state index is 0.0816. The van der Waals surface area contributed by atoms with Crippen LogP contribution in [0.1, 0.15) is 17.2 Å². The third-order valence-corrected chi connectivity index (χ3v) is 5.64. The summed E-state index contributed by atoms with van der Waals surface area (Å²) in [6.07, 6.45) is 1.79. The molecule has 0 spiro atoms. The van der Waals surface area contributed by atoms with E-state index >= 15 is 0 Å². The van der Waals surface area contributed by atoms with Gasteiger partial charge in [-0.3, -0.25) is 9.59 Å². The highest BCUT2D eigenvalue weighted by molar-refractivity contribution is 9.10. The number of hydrogen-bond acceptors (Lipinski definition) is 4. The van der Waals surface area contributed by atoms with Gasteiger partial charge in [-0.2, -0.15) is 0 Å². The highest BCUT2D eigenvalue weighted by Crippen LogP contribution is 2.41. The second-order valence-corrected chi connectivity index (χ2v) is 7.70. The molecule has 7 heteroatoms. The molecule has 0 bridgehead atoms. The number of hydrogen-bond donors (Lipinski definition) is 2. The van der Waals surface area contributed by atoms with Gasteiger partial charge >= 0.3 is 0 Å². The molecule has 1 aliphatic heterocycles. The first-order chi connectivity index (χ1) is 14.0. The van der Waals surface area contributed by atoms with Gasteiger partial charge in [0.15, 0.2) is 0 Å². The van der Waals surface area contributed by atoms with E-state index in [4.69, 9.17) is 4.74 Å². The third-order valence-electron chi connectivity index (χ3n) is 5.11. The van der Waals surface area contributed by atoms with Crippen molar-refractivity contribution in [1.82, 2.24) is 9.88 Å². The first-order valence-electron chi connectivity index (χ1n) is 9.12. The van der Waals surface area contributed by atoms with Gasteiger partial charge in [0.25, 0.3) is 11.7 Å². The van der Waals surface area contributed by atoms with Crippen molar-refractivity contribution < 1.29 is 19.4 Å². The van der Waals surface area contributed by atoms with Crippen molar-refractivity contribution in [3.8, 4) is 0 Å². The van der Waals surface area contributed by atoms with E-state index in [1.165, 1.54) is 4.90 Å². The van der Waals surface area contributed by atoms with E-state index in [0.29, 0.717) is 5.56 Å². The highest BCUT2D eigenvalue weighted by Gasteiger charge is 2.46. The molecule has 0 saturated carbocycles. The average molecular weight is 455 g/mol. The lowest BCUT2D eigenvalue weighted by Crippen LogP contribution is -2.32. The van der Waals surface area contributed by atoms with Crippen molar-refractivity contribution in [2.24, 2.45) is 0 Å². The van der Waals surface area contributed by atoms with Crippen molar-refractivity contribution >= 4 is 44.3 Å². The summed E-state index contributed by atoms with van der Waals surface area (Å²) in [7, 11) is 1.54. The Morgan fingerprint density at radius 2 is 1.90 bits per heavy atom. The Morgan fingerprint density at radius 1 is 1.17 bits per heavy atom. The Morgan fingerprint density at radius 3 is 2.62 bits per heavy atom. The summed E-state index contributed by atoms with van der Waals surface area (Å²) in [5.41, 5.74) is 2.21. The normalized spacial score (nSPS) is 18.7. The molecule has 1 unspecified atom stereocenters. The minimum Gasteiger partial charge on any atom is -0.507 e. The van der Waals surface area contributed by atoms with E-state index in [9.17, 15) is 14.7 Å². The van der Waals surface area contributed by atoms with Crippen molar-refractivity contribution in [3.63, 3.8) is 0 Å². The Bertz CT molecular complexity index is 1120. The van der Waals surface area contributed by atoms with E-state index in [2.05, 4.69) is 20.9 Å². The summed E-state index contributed by atoms with van der Waals surface area (Å²) >= 11 is 3.36. The average Bonchev–Trinajstić information content (AvgIpc) is 3.26. The lowest BCUT2D eigenvalue weighted by atomic mass is 9.95. The smallest absolute Gasteiger partial charge is 0.295 e. The number of aromatic amines is 1. The Hall–Kier alpha value is -2.90. The summed E-state index contributed by atoms with van der Waals surface area (Å²) in [6, 6.07) is 13.9. The van der Waals surface area contributed by atoms with E-state index in [0.717, 1.165) is 20.9 Å². The molecule has 6 nitrogen and oxygen atoms in total. The van der Waals surface area contributed by atoms with E-state index < -0.39 is 17.7 Å². The summed E-state index contributed by atoms with van der Waals surface area (Å²) in [5.74, 6) is -1.53. The Balaban J connectivity index is 1.92. The maximum atomic E-state index is 12.9. The van der Waals surface area contributed by atoms with Crippen LogP contribution in [0.5, 0.6) is 0 Å². The van der Waals surface area contributed by atoms with Gasteiger partial charge in [0.2, 0.25) is 0 Å². The van der Waals surface area contributed by atoms with Crippen LogP contribution in [0.4, 0.5) is 0 Å². The van der Waals surface area contributed by atoms with Crippen molar-refractivity contribution in [1.29, 1.82) is 0 Å². The standard InChI is InChI=1S/C22H19BrN2O4/c1-29-11-10-25-19(16-12-24-17-5-3-2-4-15(16)17)18(21(27)22(25)28)20(26)13-6-8-14(23)9-7-13/h2-9,12,19,24,26H,10-11H2,1H3/b20-18+. The molecule has 4 rings (SSSR count). The number of amides is 1. The molecule has 1 aromatic heterocycles. The first kappa shape index (κ1) is 19.4. The van der Waals surface area contributed by atoms with Crippen LogP contribution in [-0.4, -0.2) is 46.9 Å². The second-order valence-electron chi connectivity index (χ2n) is 6.78. The van der Waals surface area contributed by atoms with Gasteiger partial charge in [-0.25, -0.2) is 0 Å². The molecule has 1 amide bonds. The van der Waals surface area contributed by atoms with E-state index in [-0.39, 0.29) is 24.5 Å². The fourth-order valence-electron chi connectivity index (χ4n) is 3.71. The monoisotopic (exact) mass is 454 g/mol. The van der Waals surface area contributed by atoms with Gasteiger partial charge in [-0.15, -0.1) is 0 Å². The largest absolute Gasteiger partial charge is 0.507 e. The number of fused-ring (bicyclic) bond motifs is 1. The quantitative estimate of drug-likeness (QED) is 0.346. The zero-order chi connectivity index (χ0) is 20.5. The number of likely N-dealkylation sites (tertiary alicyclic amines) is 1. The van der Waals surface area contributed by atoms with Gasteiger partial charge in [0.05, 0.1) is 18.2 Å². The number of aliphatic hydroxyl groups is 1. The molecular formula is C22H19BrN2O4. The van der Waals surface area contributed by atoms with Crippen LogP contribution in [0.3, 0.4) is 0 Å². The van der Waals surface area contributed by atoms with Crippen molar-refractivity contribution in [2.75, 3.05) is 20.3 Å². The number of H-pyrrole nitrogens is 1. The highest BCUT2D eigenvalue weighted by atomic mass is 79.9. The lowest BCUT2D eigenvalue weighted by molar-refractivity contribution is -0.140. The summed E-state index contributed by atoms with van der Waals surface area (Å²) in [6.45, 7) is 0.520. The number of ether oxygens (including phenoxy) is 1. The number of para-hydroxylation sites is 1. The molecule has 2 heterocycles. The molecule has 1 atom stereocenters. The van der Waals surface area contributed by atoms with Crippen LogP contribution in [-0.2, 0) is 14.3 Å². The number of Topliss-reactive ketones (excluding diaryl/α,β-unsaturated/α-hetero) is 1. The number of halogens is 1. The lowest BCUT2D eigenvalue weighted by Gasteiger charge is -2.24. The number of nitrogens with one attached hydrogen (secondary N) is 1. The van der Waals surface area contributed by atoms with Crippen LogP contribution >= 0.6 is 15.9 Å². The number of rotatable bonds is 5. The van der Waals surface area contributed by atoms with Crippen LogP contribution in [0.25, 0.3) is 16.7 Å². The van der Waals surface area contributed by atoms with Gasteiger partial charge in [-0.05, 0) is 18.2 Å². The van der Waals surface area contributed by atoms with E-state index in [1.807, 2.05) is 24.3 Å². The van der Waals surface area contributed by atoms with Gasteiger partial charge in [-0.1, -0.05) is 46.3 Å². The fraction of sp³-hybridized carbons (Fsp3) is 0.182. The number of carbonyl (C=O) groups excluding carboxylic acids is 2. The molecule has 0 radical (unpaired) electrons. The molecule has 0 aliphatic carbocycles. The Kier molecular flexibility index (Phi) is 5.25. The molecule has 29 heavy (non-hydrogen) atoms. The third kappa shape index (κ3) is 3.36. The summed E-state index contributed by atoms with van der Waals surface area (Å²) in [4.78, 5) is 30.4. The van der Waals surface area contributed by atoms with Gasteiger partial charge in [0, 0.05) is 46.4 Å². The number of methoxy groups -OCH3 is 1. The SMILES string of the molecule is COCCN1C(=O)C(=O)/C(=C(/O)c2ccc(Br)cc2)C1c1c[nH]c2ccccc12. The molecule has 1 saturated heterocycles. The van der Waals surface area contributed by atoms with Crippen LogP contribution in [0.15, 0.2) is 64.8 Å². The second kappa shape index (κ2) is 7.85. The minimum atomic E-state index is -0.704. The molecule has 2 N–H and O–H groups in total. The topological polar surface area (TPSA) is 82.6 Å². The molecule has 148 valence electrons. The first-order valence-corrected chi connectivity index (χ1v) is 9.91. The number of benzene rings is 2. The molecule has 1 aliphatic rings. The maximum Gasteiger partial charge on any atom is 0.295 e. The molecule has 1 fully saturated rings. The zero-order valence-electron chi connectivity index (χ0n) is 15.7. The zero-order valence-corrected chi connectivity index (χ0v) is 17.3. The summed E-state index contributed by atoms with van der Waals surface area (Å²) in [5, 5.41) is 11.9. The van der Waals surface area contributed by atoms with Crippen LogP contribution in [0.2, 0.25) is 0 Å². The molecule has 3 aromatic rings. The number of aromatic nitrogens is 1. The summed E-state index contributed by atoms with van der Waals surface area (Å²) < 4.78 is 5.99. The van der Waals surface area contributed by atoms with E-state index in [1.54, 1.807) is 37.6 Å². The number of nitrogens with zero attached hydrogens (tertiary/aromatic N) is 1. The fourth-order valence-corrected chi connectivity index (χ4v) is 3.97. The van der Waals surface area contributed by atoms with Crippen LogP contribution < -0.4 is 0 Å². The number of ketones is 1. The van der Waals surface area contributed by atoms with Crippen molar-refractivity contribution in [2.45, 2.75) is 6.04 Å². The predicted molar refractivity (Wildman–Crippen MR) is 113 cm³/mol. The van der Waals surface area contributed by atoms with Gasteiger partial charge in [0.1, 0.15) is 5.76 Å². The van der Waals surface area contributed by atoms with Crippen molar-refractivity contribution in [3.05, 3.63) is 75.9 Å². The molecular weight excluding hydrogens is 436 g/mol. The maximum absolute atomic E-state index is 12.9. The number of aliphatic hydroxyl groups excluding tert-OH is 1. The molecule has 2 aromatic carbocycles. The predicted octanol–water partition coefficient (Wildman–Crippen LogP) is 4.00.